The summed E-state index contributed by atoms with van der Waals surface area (Å²) in [5.74, 6) is 1.77. The van der Waals surface area contributed by atoms with Crippen molar-refractivity contribution in [3.63, 3.8) is 0 Å². The van der Waals surface area contributed by atoms with Gasteiger partial charge in [0.2, 0.25) is 0 Å². The van der Waals surface area contributed by atoms with Gasteiger partial charge in [0.05, 0.1) is 25.0 Å². The molecule has 102 valence electrons. The number of benzene rings is 1. The van der Waals surface area contributed by atoms with Crippen molar-refractivity contribution in [2.45, 2.75) is 13.0 Å². The van der Waals surface area contributed by atoms with Gasteiger partial charge >= 0.3 is 0 Å². The van der Waals surface area contributed by atoms with E-state index in [1.165, 1.54) is 5.56 Å². The fraction of sp³-hybridized carbons (Fsp3) is 0.188. The van der Waals surface area contributed by atoms with Gasteiger partial charge in [0, 0.05) is 12.4 Å². The van der Waals surface area contributed by atoms with Crippen LogP contribution >= 0.6 is 0 Å². The lowest BCUT2D eigenvalue weighted by Gasteiger charge is -2.16. The van der Waals surface area contributed by atoms with Gasteiger partial charge in [0.15, 0.2) is 0 Å². The molecule has 2 heterocycles. The number of aromatic nitrogens is 2. The van der Waals surface area contributed by atoms with Crippen LogP contribution in [0.3, 0.4) is 0 Å². The van der Waals surface area contributed by atoms with Crippen LogP contribution in [0.4, 0.5) is 0 Å². The second-order valence-electron chi connectivity index (χ2n) is 4.62. The molecule has 4 heteroatoms. The van der Waals surface area contributed by atoms with Crippen LogP contribution in [0.25, 0.3) is 11.4 Å². The van der Waals surface area contributed by atoms with E-state index in [1.54, 1.807) is 19.6 Å². The minimum Gasteiger partial charge on any atom is -0.497 e. The molecule has 2 aromatic heterocycles. The fourth-order valence-corrected chi connectivity index (χ4v) is 2.28. The van der Waals surface area contributed by atoms with Gasteiger partial charge in [-0.1, -0.05) is 12.1 Å². The first-order chi connectivity index (χ1) is 9.79. The Kier molecular flexibility index (Phi) is 3.29. The summed E-state index contributed by atoms with van der Waals surface area (Å²) in [6.07, 6.45) is 7.16. The Hall–Kier alpha value is -2.49. The summed E-state index contributed by atoms with van der Waals surface area (Å²) in [5, 5.41) is 0. The standard InChI is InChI=1S/C16H16N2O2/c1-12(13-3-5-15(19-2)6-4-13)18-9-8-17-16(18)14-7-10-20-11-14/h3-12H,1-2H3/t12-/m1/s1. The molecule has 20 heavy (non-hydrogen) atoms. The summed E-state index contributed by atoms with van der Waals surface area (Å²) in [7, 11) is 1.67. The summed E-state index contributed by atoms with van der Waals surface area (Å²) in [6, 6.07) is 10.2. The topological polar surface area (TPSA) is 40.2 Å². The molecule has 0 N–H and O–H groups in total. The molecule has 0 saturated heterocycles. The summed E-state index contributed by atoms with van der Waals surface area (Å²) >= 11 is 0. The monoisotopic (exact) mass is 268 g/mol. The molecule has 1 atom stereocenters. The molecule has 0 radical (unpaired) electrons. The van der Waals surface area contributed by atoms with Gasteiger partial charge in [-0.05, 0) is 30.7 Å². The molecule has 0 saturated carbocycles. The van der Waals surface area contributed by atoms with E-state index in [1.807, 2.05) is 30.6 Å². The maximum atomic E-state index is 5.19. The molecule has 0 bridgehead atoms. The lowest BCUT2D eigenvalue weighted by Crippen LogP contribution is -2.07. The van der Waals surface area contributed by atoms with Gasteiger partial charge in [-0.15, -0.1) is 0 Å². The van der Waals surface area contributed by atoms with Crippen LogP contribution < -0.4 is 4.74 Å². The number of hydrogen-bond donors (Lipinski definition) is 0. The van der Waals surface area contributed by atoms with Crippen molar-refractivity contribution in [3.05, 3.63) is 60.8 Å². The Labute approximate surface area is 117 Å². The van der Waals surface area contributed by atoms with Crippen LogP contribution in [0.15, 0.2) is 59.7 Å². The van der Waals surface area contributed by atoms with E-state index in [0.29, 0.717) is 0 Å². The predicted octanol–water partition coefficient (Wildman–Crippen LogP) is 3.76. The van der Waals surface area contributed by atoms with E-state index >= 15 is 0 Å². The normalized spacial score (nSPS) is 12.3. The molecular formula is C16H16N2O2. The van der Waals surface area contributed by atoms with Crippen molar-refractivity contribution in [1.82, 2.24) is 9.55 Å². The average Bonchev–Trinajstić information content (AvgIpc) is 3.16. The summed E-state index contributed by atoms with van der Waals surface area (Å²) in [5.41, 5.74) is 2.18. The quantitative estimate of drug-likeness (QED) is 0.723. The SMILES string of the molecule is COc1ccc([C@@H](C)n2ccnc2-c2ccoc2)cc1. The van der Waals surface area contributed by atoms with Crippen molar-refractivity contribution in [1.29, 1.82) is 0 Å². The van der Waals surface area contributed by atoms with Crippen LogP contribution in [-0.2, 0) is 0 Å². The zero-order chi connectivity index (χ0) is 13.9. The van der Waals surface area contributed by atoms with Crippen molar-refractivity contribution in [2.75, 3.05) is 7.11 Å². The van der Waals surface area contributed by atoms with Gasteiger partial charge in [0.25, 0.3) is 0 Å². The first kappa shape index (κ1) is 12.5. The van der Waals surface area contributed by atoms with Crippen LogP contribution in [0, 0.1) is 0 Å². The lowest BCUT2D eigenvalue weighted by molar-refractivity contribution is 0.414. The van der Waals surface area contributed by atoms with Gasteiger partial charge in [-0.3, -0.25) is 0 Å². The lowest BCUT2D eigenvalue weighted by atomic mass is 10.1. The van der Waals surface area contributed by atoms with E-state index in [9.17, 15) is 0 Å². The van der Waals surface area contributed by atoms with Gasteiger partial charge in [0.1, 0.15) is 17.8 Å². The number of furan rings is 1. The molecule has 0 unspecified atom stereocenters. The number of nitrogens with zero attached hydrogens (tertiary/aromatic N) is 2. The molecule has 3 rings (SSSR count). The third kappa shape index (κ3) is 2.20. The summed E-state index contributed by atoms with van der Waals surface area (Å²) in [4.78, 5) is 4.42. The van der Waals surface area contributed by atoms with Crippen LogP contribution in [-0.4, -0.2) is 16.7 Å². The molecule has 0 aliphatic heterocycles. The van der Waals surface area contributed by atoms with Gasteiger partial charge in [-0.2, -0.15) is 0 Å². The second-order valence-corrected chi connectivity index (χ2v) is 4.62. The Morgan fingerprint density at radius 2 is 2.00 bits per heavy atom. The maximum absolute atomic E-state index is 5.19. The molecule has 0 amide bonds. The van der Waals surface area contributed by atoms with E-state index in [2.05, 4.69) is 28.6 Å². The van der Waals surface area contributed by atoms with Gasteiger partial charge < -0.3 is 13.7 Å². The minimum absolute atomic E-state index is 0.188. The van der Waals surface area contributed by atoms with E-state index < -0.39 is 0 Å². The van der Waals surface area contributed by atoms with E-state index in [-0.39, 0.29) is 6.04 Å². The third-order valence-corrected chi connectivity index (χ3v) is 3.46. The summed E-state index contributed by atoms with van der Waals surface area (Å²) < 4.78 is 12.5. The highest BCUT2D eigenvalue weighted by Crippen LogP contribution is 2.26. The first-order valence-electron chi connectivity index (χ1n) is 6.49. The van der Waals surface area contributed by atoms with Crippen LogP contribution in [0.2, 0.25) is 0 Å². The molecule has 4 nitrogen and oxygen atoms in total. The number of rotatable bonds is 4. The maximum Gasteiger partial charge on any atom is 0.143 e. The van der Waals surface area contributed by atoms with Crippen molar-refractivity contribution >= 4 is 0 Å². The van der Waals surface area contributed by atoms with E-state index in [0.717, 1.165) is 17.1 Å². The fourth-order valence-electron chi connectivity index (χ4n) is 2.28. The Morgan fingerprint density at radius 1 is 1.20 bits per heavy atom. The zero-order valence-electron chi connectivity index (χ0n) is 11.5. The number of methoxy groups -OCH3 is 1. The third-order valence-electron chi connectivity index (χ3n) is 3.46. The van der Waals surface area contributed by atoms with Gasteiger partial charge in [-0.25, -0.2) is 4.98 Å². The van der Waals surface area contributed by atoms with E-state index in [4.69, 9.17) is 9.15 Å². The van der Waals surface area contributed by atoms with Crippen molar-refractivity contribution < 1.29 is 9.15 Å². The Balaban J connectivity index is 1.94. The predicted molar refractivity (Wildman–Crippen MR) is 76.7 cm³/mol. The zero-order valence-corrected chi connectivity index (χ0v) is 11.5. The Morgan fingerprint density at radius 3 is 2.65 bits per heavy atom. The van der Waals surface area contributed by atoms with Crippen LogP contribution in [0.1, 0.15) is 18.5 Å². The molecule has 0 aliphatic rings. The average molecular weight is 268 g/mol. The molecule has 0 fully saturated rings. The molecule has 0 aliphatic carbocycles. The summed E-state index contributed by atoms with van der Waals surface area (Å²) in [6.45, 7) is 2.15. The van der Waals surface area contributed by atoms with Crippen LogP contribution in [0.5, 0.6) is 5.75 Å². The molecule has 1 aromatic carbocycles. The first-order valence-corrected chi connectivity index (χ1v) is 6.49. The molecular weight excluding hydrogens is 252 g/mol. The highest BCUT2D eigenvalue weighted by atomic mass is 16.5. The van der Waals surface area contributed by atoms with Crippen molar-refractivity contribution in [3.8, 4) is 17.1 Å². The highest BCUT2D eigenvalue weighted by molar-refractivity contribution is 5.53. The molecule has 0 spiro atoms. The number of hydrogen-bond acceptors (Lipinski definition) is 3. The largest absolute Gasteiger partial charge is 0.497 e. The highest BCUT2D eigenvalue weighted by Gasteiger charge is 2.14. The second kappa shape index (κ2) is 5.25. The number of ether oxygens (including phenoxy) is 1. The Bertz CT molecular complexity index is 669. The molecule has 3 aromatic rings. The number of imidazole rings is 1. The smallest absolute Gasteiger partial charge is 0.143 e. The van der Waals surface area contributed by atoms with Crippen molar-refractivity contribution in [2.24, 2.45) is 0 Å². The minimum atomic E-state index is 0.188.